The molecule has 0 unspecified atom stereocenters. The second kappa shape index (κ2) is 7.72. The summed E-state index contributed by atoms with van der Waals surface area (Å²) in [6.07, 6.45) is 1.88. The topological polar surface area (TPSA) is 60.9 Å². The second-order valence-electron chi connectivity index (χ2n) is 7.11. The summed E-state index contributed by atoms with van der Waals surface area (Å²) >= 11 is 0. The molecule has 6 heteroatoms. The van der Waals surface area contributed by atoms with E-state index in [-0.39, 0.29) is 30.1 Å². The molecule has 26 heavy (non-hydrogen) atoms. The molecule has 1 atom stereocenters. The van der Waals surface area contributed by atoms with Gasteiger partial charge in [-0.15, -0.1) is 0 Å². The van der Waals surface area contributed by atoms with Crippen LogP contribution < -0.4 is 4.90 Å². The number of piperazine rings is 1. The van der Waals surface area contributed by atoms with E-state index in [0.717, 1.165) is 11.3 Å². The molecule has 3 rings (SSSR count). The van der Waals surface area contributed by atoms with Crippen LogP contribution in [0.25, 0.3) is 0 Å². The molecule has 0 N–H and O–H groups in total. The lowest BCUT2D eigenvalue weighted by Gasteiger charge is -2.35. The van der Waals surface area contributed by atoms with E-state index >= 15 is 0 Å². The number of carbonyl (C=O) groups excluding carboxylic acids is 3. The van der Waals surface area contributed by atoms with Gasteiger partial charge in [0.25, 0.3) is 0 Å². The van der Waals surface area contributed by atoms with E-state index in [1.807, 2.05) is 44.2 Å². The van der Waals surface area contributed by atoms with Crippen molar-refractivity contribution in [3.63, 3.8) is 0 Å². The molecule has 2 fully saturated rings. The van der Waals surface area contributed by atoms with Gasteiger partial charge in [0, 0.05) is 50.9 Å². The molecule has 6 nitrogen and oxygen atoms in total. The Bertz CT molecular complexity index is 717. The smallest absolute Gasteiger partial charge is 0.246 e. The Labute approximate surface area is 154 Å². The van der Waals surface area contributed by atoms with Crippen molar-refractivity contribution in [3.05, 3.63) is 42.0 Å². The average Bonchev–Trinajstić information content (AvgIpc) is 3.03. The van der Waals surface area contributed by atoms with Gasteiger partial charge in [-0.05, 0) is 26.0 Å². The van der Waals surface area contributed by atoms with Gasteiger partial charge in [-0.1, -0.05) is 23.8 Å². The van der Waals surface area contributed by atoms with Crippen LogP contribution in [-0.4, -0.2) is 60.2 Å². The first-order valence-electron chi connectivity index (χ1n) is 9.03. The summed E-state index contributed by atoms with van der Waals surface area (Å²) in [6.45, 7) is 6.35. The van der Waals surface area contributed by atoms with Gasteiger partial charge in [0.05, 0.1) is 5.92 Å². The summed E-state index contributed by atoms with van der Waals surface area (Å²) in [6, 6.07) is 9.46. The van der Waals surface area contributed by atoms with Gasteiger partial charge < -0.3 is 14.7 Å². The molecule has 0 spiro atoms. The zero-order valence-electron chi connectivity index (χ0n) is 15.4. The van der Waals surface area contributed by atoms with Crippen LogP contribution in [0.4, 0.5) is 5.69 Å². The van der Waals surface area contributed by atoms with E-state index in [2.05, 4.69) is 0 Å². The van der Waals surface area contributed by atoms with Crippen molar-refractivity contribution >= 4 is 23.4 Å². The number of para-hydroxylation sites is 1. The SMILES string of the molecule is CC(C)=CC(=O)N1CCN(C(=O)[C@@H]2CC(=O)N(c3ccccc3)C2)CC1. The molecular weight excluding hydrogens is 330 g/mol. The van der Waals surface area contributed by atoms with Crippen molar-refractivity contribution in [3.8, 4) is 0 Å². The zero-order valence-corrected chi connectivity index (χ0v) is 15.4. The lowest BCUT2D eigenvalue weighted by atomic mass is 10.1. The number of carbonyl (C=O) groups is 3. The molecule has 0 radical (unpaired) electrons. The van der Waals surface area contributed by atoms with E-state index in [9.17, 15) is 14.4 Å². The van der Waals surface area contributed by atoms with Gasteiger partial charge in [-0.3, -0.25) is 14.4 Å². The molecule has 1 aromatic rings. The van der Waals surface area contributed by atoms with Crippen LogP contribution >= 0.6 is 0 Å². The van der Waals surface area contributed by atoms with Crippen molar-refractivity contribution in [2.45, 2.75) is 20.3 Å². The minimum Gasteiger partial charge on any atom is -0.339 e. The molecule has 2 heterocycles. The Morgan fingerprint density at radius 1 is 1.00 bits per heavy atom. The Morgan fingerprint density at radius 3 is 2.23 bits per heavy atom. The van der Waals surface area contributed by atoms with Crippen molar-refractivity contribution in [1.82, 2.24) is 9.80 Å². The third-order valence-electron chi connectivity index (χ3n) is 4.86. The standard InChI is InChI=1S/C20H25N3O3/c1-15(2)12-18(24)21-8-10-22(11-9-21)20(26)16-13-19(25)23(14-16)17-6-4-3-5-7-17/h3-7,12,16H,8-11,13-14H2,1-2H3/t16-/m1/s1. The predicted octanol–water partition coefficient (Wildman–Crippen LogP) is 1.68. The van der Waals surface area contributed by atoms with E-state index in [0.29, 0.717) is 32.7 Å². The van der Waals surface area contributed by atoms with Crippen LogP contribution in [0, 0.1) is 5.92 Å². The highest BCUT2D eigenvalue weighted by atomic mass is 16.2. The molecule has 2 aliphatic heterocycles. The van der Waals surface area contributed by atoms with Gasteiger partial charge >= 0.3 is 0 Å². The van der Waals surface area contributed by atoms with Gasteiger partial charge in [0.1, 0.15) is 0 Å². The highest BCUT2D eigenvalue weighted by molar-refractivity contribution is 6.00. The van der Waals surface area contributed by atoms with E-state index < -0.39 is 0 Å². The normalized spacial score (nSPS) is 20.3. The fourth-order valence-electron chi connectivity index (χ4n) is 3.47. The first kappa shape index (κ1) is 18.2. The number of nitrogens with zero attached hydrogens (tertiary/aromatic N) is 3. The molecule has 1 aromatic carbocycles. The lowest BCUT2D eigenvalue weighted by molar-refractivity contribution is -0.140. The maximum Gasteiger partial charge on any atom is 0.246 e. The number of hydrogen-bond donors (Lipinski definition) is 0. The number of allylic oxidation sites excluding steroid dienone is 1. The number of rotatable bonds is 3. The Kier molecular flexibility index (Phi) is 5.40. The summed E-state index contributed by atoms with van der Waals surface area (Å²) in [7, 11) is 0. The van der Waals surface area contributed by atoms with Crippen LogP contribution in [0.3, 0.4) is 0 Å². The van der Waals surface area contributed by atoms with Crippen molar-refractivity contribution in [2.75, 3.05) is 37.6 Å². The molecule has 3 amide bonds. The summed E-state index contributed by atoms with van der Waals surface area (Å²) in [5.74, 6) is -0.288. The molecule has 0 aliphatic carbocycles. The van der Waals surface area contributed by atoms with Gasteiger partial charge in [-0.2, -0.15) is 0 Å². The van der Waals surface area contributed by atoms with Crippen LogP contribution in [0.1, 0.15) is 20.3 Å². The van der Waals surface area contributed by atoms with Crippen LogP contribution in [0.2, 0.25) is 0 Å². The molecule has 0 saturated carbocycles. The number of benzene rings is 1. The van der Waals surface area contributed by atoms with E-state index in [1.165, 1.54) is 0 Å². The van der Waals surface area contributed by atoms with Crippen molar-refractivity contribution in [2.24, 2.45) is 5.92 Å². The maximum absolute atomic E-state index is 12.8. The molecular formula is C20H25N3O3. The van der Waals surface area contributed by atoms with E-state index in [4.69, 9.17) is 0 Å². The largest absolute Gasteiger partial charge is 0.339 e. The fraction of sp³-hybridized carbons (Fsp3) is 0.450. The first-order chi connectivity index (χ1) is 12.5. The molecule has 138 valence electrons. The van der Waals surface area contributed by atoms with Crippen LogP contribution in [-0.2, 0) is 14.4 Å². The number of anilines is 1. The second-order valence-corrected chi connectivity index (χ2v) is 7.11. The lowest BCUT2D eigenvalue weighted by Crippen LogP contribution is -2.52. The van der Waals surface area contributed by atoms with Crippen LogP contribution in [0.5, 0.6) is 0 Å². The number of hydrogen-bond acceptors (Lipinski definition) is 3. The molecule has 0 bridgehead atoms. The monoisotopic (exact) mass is 355 g/mol. The third kappa shape index (κ3) is 3.95. The third-order valence-corrected chi connectivity index (χ3v) is 4.86. The Balaban J connectivity index is 1.57. The van der Waals surface area contributed by atoms with E-state index in [1.54, 1.807) is 20.8 Å². The maximum atomic E-state index is 12.8. The van der Waals surface area contributed by atoms with Gasteiger partial charge in [0.15, 0.2) is 0 Å². The average molecular weight is 355 g/mol. The Morgan fingerprint density at radius 2 is 1.62 bits per heavy atom. The minimum absolute atomic E-state index is 0.00314. The summed E-state index contributed by atoms with van der Waals surface area (Å²) < 4.78 is 0. The summed E-state index contributed by atoms with van der Waals surface area (Å²) in [5.41, 5.74) is 1.81. The number of amides is 3. The quantitative estimate of drug-likeness (QED) is 0.775. The molecule has 0 aromatic heterocycles. The van der Waals surface area contributed by atoms with Crippen molar-refractivity contribution in [1.29, 1.82) is 0 Å². The summed E-state index contributed by atoms with van der Waals surface area (Å²) in [5, 5.41) is 0. The minimum atomic E-state index is -0.303. The summed E-state index contributed by atoms with van der Waals surface area (Å²) in [4.78, 5) is 42.5. The first-order valence-corrected chi connectivity index (χ1v) is 9.03. The highest BCUT2D eigenvalue weighted by Gasteiger charge is 2.38. The highest BCUT2D eigenvalue weighted by Crippen LogP contribution is 2.26. The van der Waals surface area contributed by atoms with Crippen LogP contribution in [0.15, 0.2) is 42.0 Å². The fourth-order valence-corrected chi connectivity index (χ4v) is 3.47. The van der Waals surface area contributed by atoms with Gasteiger partial charge in [0.2, 0.25) is 17.7 Å². The molecule has 2 aliphatic rings. The predicted molar refractivity (Wildman–Crippen MR) is 99.5 cm³/mol. The van der Waals surface area contributed by atoms with Gasteiger partial charge in [-0.25, -0.2) is 0 Å². The molecule has 2 saturated heterocycles. The van der Waals surface area contributed by atoms with Crippen molar-refractivity contribution < 1.29 is 14.4 Å². The Hall–Kier alpha value is -2.63. The zero-order chi connectivity index (χ0) is 18.7.